The second kappa shape index (κ2) is 8.48. The summed E-state index contributed by atoms with van der Waals surface area (Å²) in [4.78, 5) is 11.8. The van der Waals surface area contributed by atoms with E-state index in [1.54, 1.807) is 18.2 Å². The molecule has 0 saturated carbocycles. The minimum atomic E-state index is -2.91. The third-order valence-electron chi connectivity index (χ3n) is 3.08. The van der Waals surface area contributed by atoms with Gasteiger partial charge in [0.05, 0.1) is 0 Å². The lowest BCUT2D eigenvalue weighted by atomic mass is 9.90. The molecule has 0 atom stereocenters. The highest BCUT2D eigenvalue weighted by Crippen LogP contribution is 2.21. The van der Waals surface area contributed by atoms with E-state index in [2.05, 4.69) is 10.1 Å². The Bertz CT molecular complexity index is 516. The van der Waals surface area contributed by atoms with Crippen LogP contribution in [-0.2, 0) is 4.79 Å². The number of benzene rings is 1. The van der Waals surface area contributed by atoms with Crippen LogP contribution in [0.15, 0.2) is 30.3 Å². The molecule has 122 valence electrons. The zero-order valence-electron chi connectivity index (χ0n) is 12.7. The van der Waals surface area contributed by atoms with Crippen molar-refractivity contribution < 1.29 is 23.4 Å². The molecule has 1 aromatic rings. The van der Waals surface area contributed by atoms with Gasteiger partial charge >= 0.3 is 6.61 Å². The fourth-order valence-electron chi connectivity index (χ4n) is 1.76. The van der Waals surface area contributed by atoms with Crippen LogP contribution in [0.4, 0.5) is 8.78 Å². The number of ether oxygens (including phenoxy) is 1. The number of aliphatic hydroxyl groups is 1. The maximum Gasteiger partial charge on any atom is 0.387 e. The molecule has 0 heterocycles. The van der Waals surface area contributed by atoms with Gasteiger partial charge in [0.15, 0.2) is 0 Å². The minimum Gasteiger partial charge on any atom is -0.434 e. The molecule has 0 spiro atoms. The number of halogens is 2. The number of hydrogen-bond acceptors (Lipinski definition) is 3. The van der Waals surface area contributed by atoms with E-state index >= 15 is 0 Å². The first kappa shape index (κ1) is 18.1. The molecule has 4 nitrogen and oxygen atoms in total. The van der Waals surface area contributed by atoms with Gasteiger partial charge in [-0.25, -0.2) is 0 Å². The number of para-hydroxylation sites is 1. The Morgan fingerprint density at radius 3 is 2.73 bits per heavy atom. The van der Waals surface area contributed by atoms with Gasteiger partial charge in [0.1, 0.15) is 5.75 Å². The van der Waals surface area contributed by atoms with Crippen LogP contribution in [-0.4, -0.2) is 30.8 Å². The lowest BCUT2D eigenvalue weighted by molar-refractivity contribution is -0.116. The van der Waals surface area contributed by atoms with Gasteiger partial charge < -0.3 is 15.2 Å². The molecule has 0 radical (unpaired) electrons. The number of nitrogens with one attached hydrogen (secondary N) is 1. The first-order chi connectivity index (χ1) is 10.3. The van der Waals surface area contributed by atoms with Gasteiger partial charge in [0.25, 0.3) is 0 Å². The third kappa shape index (κ3) is 6.67. The number of rotatable bonds is 8. The van der Waals surface area contributed by atoms with Crippen molar-refractivity contribution in [3.63, 3.8) is 0 Å². The Labute approximate surface area is 128 Å². The Kier molecular flexibility index (Phi) is 6.98. The summed E-state index contributed by atoms with van der Waals surface area (Å²) >= 11 is 0. The van der Waals surface area contributed by atoms with Gasteiger partial charge in [0.2, 0.25) is 5.91 Å². The van der Waals surface area contributed by atoms with Crippen LogP contribution in [0.25, 0.3) is 6.08 Å². The molecule has 1 rings (SSSR count). The zero-order chi connectivity index (χ0) is 16.6. The van der Waals surface area contributed by atoms with Crippen molar-refractivity contribution in [1.82, 2.24) is 5.32 Å². The highest BCUT2D eigenvalue weighted by Gasteiger charge is 2.17. The second-order valence-electron chi connectivity index (χ2n) is 5.61. The minimum absolute atomic E-state index is 0.0159. The van der Waals surface area contributed by atoms with Crippen molar-refractivity contribution in [3.8, 4) is 5.75 Å². The van der Waals surface area contributed by atoms with E-state index in [0.717, 1.165) is 0 Å². The van der Waals surface area contributed by atoms with E-state index in [0.29, 0.717) is 18.5 Å². The molecular weight excluding hydrogens is 292 g/mol. The van der Waals surface area contributed by atoms with Crippen molar-refractivity contribution in [2.75, 3.05) is 13.2 Å². The molecule has 0 aromatic heterocycles. The number of alkyl halides is 2. The summed E-state index contributed by atoms with van der Waals surface area (Å²) in [6, 6.07) is 6.23. The molecule has 0 saturated heterocycles. The molecule has 2 N–H and O–H groups in total. The van der Waals surface area contributed by atoms with Crippen LogP contribution in [0.5, 0.6) is 5.75 Å². The van der Waals surface area contributed by atoms with Crippen molar-refractivity contribution in [2.24, 2.45) is 5.41 Å². The topological polar surface area (TPSA) is 58.6 Å². The number of carbonyl (C=O) groups excluding carboxylic acids is 1. The molecule has 1 aromatic carbocycles. The summed E-state index contributed by atoms with van der Waals surface area (Å²) in [5.41, 5.74) is 0.183. The summed E-state index contributed by atoms with van der Waals surface area (Å²) in [5, 5.41) is 11.6. The quantitative estimate of drug-likeness (QED) is 0.726. The van der Waals surface area contributed by atoms with Crippen LogP contribution in [0.2, 0.25) is 0 Å². The fourth-order valence-corrected chi connectivity index (χ4v) is 1.76. The van der Waals surface area contributed by atoms with Gasteiger partial charge in [-0.3, -0.25) is 4.79 Å². The predicted molar refractivity (Wildman–Crippen MR) is 80.6 cm³/mol. The van der Waals surface area contributed by atoms with Crippen molar-refractivity contribution in [3.05, 3.63) is 35.9 Å². The van der Waals surface area contributed by atoms with Crippen molar-refractivity contribution in [2.45, 2.75) is 26.9 Å². The Morgan fingerprint density at radius 1 is 1.41 bits per heavy atom. The Hall–Kier alpha value is -1.95. The van der Waals surface area contributed by atoms with E-state index in [-0.39, 0.29) is 23.7 Å². The van der Waals surface area contributed by atoms with Crippen LogP contribution >= 0.6 is 0 Å². The van der Waals surface area contributed by atoms with Crippen LogP contribution in [0.3, 0.4) is 0 Å². The average Bonchev–Trinajstić information content (AvgIpc) is 2.43. The highest BCUT2D eigenvalue weighted by molar-refractivity contribution is 5.92. The molecule has 22 heavy (non-hydrogen) atoms. The molecule has 0 aliphatic rings. The molecule has 0 fully saturated rings. The van der Waals surface area contributed by atoms with Gasteiger partial charge in [-0.2, -0.15) is 8.78 Å². The van der Waals surface area contributed by atoms with Crippen molar-refractivity contribution >= 4 is 12.0 Å². The van der Waals surface area contributed by atoms with E-state index in [1.807, 2.05) is 13.8 Å². The molecule has 0 unspecified atom stereocenters. The smallest absolute Gasteiger partial charge is 0.387 e. The summed E-state index contributed by atoms with van der Waals surface area (Å²) < 4.78 is 28.9. The van der Waals surface area contributed by atoms with Gasteiger partial charge in [-0.1, -0.05) is 32.0 Å². The summed E-state index contributed by atoms with van der Waals surface area (Å²) in [7, 11) is 0. The summed E-state index contributed by atoms with van der Waals surface area (Å²) in [6.07, 6.45) is 3.26. The fraction of sp³-hybridized carbons (Fsp3) is 0.438. The average molecular weight is 313 g/mol. The maximum atomic E-state index is 12.3. The van der Waals surface area contributed by atoms with Crippen LogP contribution in [0, 0.1) is 5.41 Å². The molecule has 0 bridgehead atoms. The second-order valence-corrected chi connectivity index (χ2v) is 5.61. The molecule has 1 amide bonds. The van der Waals surface area contributed by atoms with E-state index in [9.17, 15) is 13.6 Å². The third-order valence-corrected chi connectivity index (χ3v) is 3.08. The first-order valence-electron chi connectivity index (χ1n) is 6.95. The van der Waals surface area contributed by atoms with Gasteiger partial charge in [0, 0.05) is 24.8 Å². The normalized spacial score (nSPS) is 11.9. The number of amides is 1. The predicted octanol–water partition coefficient (Wildman–Crippen LogP) is 2.83. The number of carbonyl (C=O) groups is 1. The summed E-state index contributed by atoms with van der Waals surface area (Å²) in [5.74, 6) is -0.319. The Balaban J connectivity index is 2.63. The van der Waals surface area contributed by atoms with Gasteiger partial charge in [-0.05, 0) is 24.0 Å². The number of hydrogen-bond donors (Lipinski definition) is 2. The van der Waals surface area contributed by atoms with Crippen LogP contribution < -0.4 is 10.1 Å². The lowest BCUT2D eigenvalue weighted by Gasteiger charge is -2.23. The standard InChI is InChI=1S/C16H21F2NO3/c1-16(2,9-10-20)11-19-14(21)8-7-12-5-3-4-6-13(12)22-15(17)18/h3-8,15,20H,9-11H2,1-2H3,(H,19,21)/b8-7+. The SMILES string of the molecule is CC(C)(CCO)CNC(=O)/C=C/c1ccccc1OC(F)F. The van der Waals surface area contributed by atoms with E-state index in [4.69, 9.17) is 5.11 Å². The first-order valence-corrected chi connectivity index (χ1v) is 6.95. The maximum absolute atomic E-state index is 12.3. The molecule has 0 aliphatic heterocycles. The monoisotopic (exact) mass is 313 g/mol. The largest absolute Gasteiger partial charge is 0.434 e. The molecule has 0 aliphatic carbocycles. The summed E-state index contributed by atoms with van der Waals surface area (Å²) in [6.45, 7) is 1.41. The highest BCUT2D eigenvalue weighted by atomic mass is 19.3. The van der Waals surface area contributed by atoms with Gasteiger partial charge in [-0.15, -0.1) is 0 Å². The number of aliphatic hydroxyl groups excluding tert-OH is 1. The van der Waals surface area contributed by atoms with Crippen molar-refractivity contribution in [1.29, 1.82) is 0 Å². The Morgan fingerprint density at radius 2 is 2.09 bits per heavy atom. The van der Waals surface area contributed by atoms with E-state index < -0.39 is 6.61 Å². The molecular formula is C16H21F2NO3. The van der Waals surface area contributed by atoms with Crippen LogP contribution in [0.1, 0.15) is 25.8 Å². The zero-order valence-corrected chi connectivity index (χ0v) is 12.7. The molecule has 6 heteroatoms. The van der Waals surface area contributed by atoms with E-state index in [1.165, 1.54) is 18.2 Å². The lowest BCUT2D eigenvalue weighted by Crippen LogP contribution is -2.33.